The highest BCUT2D eigenvalue weighted by Gasteiger charge is 2.52. The minimum absolute atomic E-state index is 0.269. The fourth-order valence-electron chi connectivity index (χ4n) is 2.56. The Kier molecular flexibility index (Phi) is 1.48. The molecule has 0 unspecified atom stereocenters. The Labute approximate surface area is 73.8 Å². The van der Waals surface area contributed by atoms with Crippen LogP contribution in [0.4, 0.5) is 0 Å². The van der Waals surface area contributed by atoms with Gasteiger partial charge in [-0.25, -0.2) is 0 Å². The Bertz CT molecular complexity index is 260. The number of hydrogen-bond acceptors (Lipinski definition) is 1. The number of carbonyl (C=O) groups excluding carboxylic acids is 1. The van der Waals surface area contributed by atoms with Crippen molar-refractivity contribution in [3.05, 3.63) is 11.6 Å². The molecule has 0 aromatic rings. The molecule has 0 N–H and O–H groups in total. The Morgan fingerprint density at radius 3 is 2.75 bits per heavy atom. The maximum absolute atomic E-state index is 11.7. The van der Waals surface area contributed by atoms with Gasteiger partial charge in [-0.05, 0) is 36.7 Å². The summed E-state index contributed by atoms with van der Waals surface area (Å²) >= 11 is 0. The lowest BCUT2D eigenvalue weighted by molar-refractivity contribution is -0.132. The summed E-state index contributed by atoms with van der Waals surface area (Å²) in [6.45, 7) is 6.42. The first-order chi connectivity index (χ1) is 5.53. The quantitative estimate of drug-likeness (QED) is 0.537. The van der Waals surface area contributed by atoms with Crippen LogP contribution in [-0.4, -0.2) is 5.78 Å². The van der Waals surface area contributed by atoms with Crippen molar-refractivity contribution in [3.63, 3.8) is 0 Å². The van der Waals surface area contributed by atoms with E-state index < -0.39 is 0 Å². The molecule has 1 saturated carbocycles. The van der Waals surface area contributed by atoms with Gasteiger partial charge in [-0.2, -0.15) is 0 Å². The van der Waals surface area contributed by atoms with E-state index in [2.05, 4.69) is 19.9 Å². The van der Waals surface area contributed by atoms with E-state index in [4.69, 9.17) is 0 Å². The molecule has 3 aliphatic carbocycles. The van der Waals surface area contributed by atoms with Crippen molar-refractivity contribution in [3.8, 4) is 0 Å². The summed E-state index contributed by atoms with van der Waals surface area (Å²) in [5, 5.41) is 0. The molecule has 1 nitrogen and oxygen atoms in total. The highest BCUT2D eigenvalue weighted by atomic mass is 16.1. The average Bonchev–Trinajstić information content (AvgIpc) is 2.18. The largest absolute Gasteiger partial charge is 0.294 e. The molecule has 1 heteroatoms. The molecule has 1 fully saturated rings. The van der Waals surface area contributed by atoms with Gasteiger partial charge in [0.1, 0.15) is 0 Å². The molecule has 0 heterocycles. The number of fused-ring (bicyclic) bond motifs is 2. The molecular formula is C11H16O. The van der Waals surface area contributed by atoms with E-state index in [1.807, 2.05) is 6.92 Å². The Morgan fingerprint density at radius 1 is 1.50 bits per heavy atom. The zero-order valence-corrected chi connectivity index (χ0v) is 8.05. The SMILES string of the molecule is CC1=CC[C@@H]2C[C@H](C1=O)C2(C)C. The lowest BCUT2D eigenvalue weighted by atomic mass is 9.53. The van der Waals surface area contributed by atoms with Crippen LogP contribution in [0.15, 0.2) is 11.6 Å². The van der Waals surface area contributed by atoms with Gasteiger partial charge in [-0.1, -0.05) is 19.9 Å². The molecule has 0 aromatic carbocycles. The smallest absolute Gasteiger partial charge is 0.161 e. The molecule has 66 valence electrons. The van der Waals surface area contributed by atoms with Crippen LogP contribution in [-0.2, 0) is 4.79 Å². The third kappa shape index (κ3) is 0.825. The van der Waals surface area contributed by atoms with E-state index in [1.54, 1.807) is 0 Å². The van der Waals surface area contributed by atoms with Gasteiger partial charge in [0, 0.05) is 5.92 Å². The van der Waals surface area contributed by atoms with Crippen LogP contribution in [0.1, 0.15) is 33.6 Å². The minimum Gasteiger partial charge on any atom is -0.294 e. The standard InChI is InChI=1S/C11H16O/c1-7-4-5-8-6-9(10(7)12)11(8,2)3/h4,8-9H,5-6H2,1-3H3/t8-,9-/m1/s1. The second-order valence-corrected chi connectivity index (χ2v) is 4.79. The Balaban J connectivity index is 2.33. The zero-order chi connectivity index (χ0) is 8.93. The zero-order valence-electron chi connectivity index (χ0n) is 8.05. The third-order valence-corrected chi connectivity index (χ3v) is 3.88. The first-order valence-electron chi connectivity index (χ1n) is 4.74. The van der Waals surface area contributed by atoms with Crippen LogP contribution in [0.25, 0.3) is 0 Å². The summed E-state index contributed by atoms with van der Waals surface area (Å²) in [6.07, 6.45) is 4.36. The molecule has 0 radical (unpaired) electrons. The van der Waals surface area contributed by atoms with Gasteiger partial charge in [-0.3, -0.25) is 4.79 Å². The number of hydrogen-bond donors (Lipinski definition) is 0. The van der Waals surface area contributed by atoms with Crippen molar-refractivity contribution in [2.75, 3.05) is 0 Å². The van der Waals surface area contributed by atoms with Crippen LogP contribution in [0, 0.1) is 17.3 Å². The third-order valence-electron chi connectivity index (χ3n) is 3.88. The summed E-state index contributed by atoms with van der Waals surface area (Å²) < 4.78 is 0. The molecule has 0 aromatic heterocycles. The van der Waals surface area contributed by atoms with Gasteiger partial charge in [-0.15, -0.1) is 0 Å². The molecule has 0 spiro atoms. The van der Waals surface area contributed by atoms with Gasteiger partial charge in [0.25, 0.3) is 0 Å². The summed E-state index contributed by atoms with van der Waals surface area (Å²) in [7, 11) is 0. The van der Waals surface area contributed by atoms with E-state index in [0.29, 0.717) is 11.7 Å². The first-order valence-corrected chi connectivity index (χ1v) is 4.74. The fraction of sp³-hybridized carbons (Fsp3) is 0.727. The van der Waals surface area contributed by atoms with Crippen molar-refractivity contribution in [1.29, 1.82) is 0 Å². The topological polar surface area (TPSA) is 17.1 Å². The van der Waals surface area contributed by atoms with Gasteiger partial charge in [0.15, 0.2) is 5.78 Å². The number of Topliss-reactive ketones (excluding diaryl/α,β-unsaturated/α-hetero) is 1. The van der Waals surface area contributed by atoms with Crippen molar-refractivity contribution < 1.29 is 4.79 Å². The lowest BCUT2D eigenvalue weighted by Gasteiger charge is -2.50. The van der Waals surface area contributed by atoms with E-state index in [9.17, 15) is 4.79 Å². The predicted molar refractivity (Wildman–Crippen MR) is 48.8 cm³/mol. The molecule has 2 atom stereocenters. The molecule has 3 aliphatic rings. The van der Waals surface area contributed by atoms with Crippen LogP contribution in [0.2, 0.25) is 0 Å². The van der Waals surface area contributed by atoms with Gasteiger partial charge in [0.05, 0.1) is 0 Å². The molecule has 3 rings (SSSR count). The van der Waals surface area contributed by atoms with Crippen LogP contribution < -0.4 is 0 Å². The predicted octanol–water partition coefficient (Wildman–Crippen LogP) is 2.57. The Hall–Kier alpha value is -0.590. The summed E-state index contributed by atoms with van der Waals surface area (Å²) in [5.74, 6) is 1.47. The van der Waals surface area contributed by atoms with E-state index >= 15 is 0 Å². The van der Waals surface area contributed by atoms with Crippen molar-refractivity contribution in [2.24, 2.45) is 17.3 Å². The number of allylic oxidation sites excluding steroid dienone is 2. The highest BCUT2D eigenvalue weighted by molar-refractivity contribution is 5.98. The second kappa shape index (κ2) is 2.21. The minimum atomic E-state index is 0.269. The van der Waals surface area contributed by atoms with E-state index in [1.165, 1.54) is 0 Å². The molecule has 0 aliphatic heterocycles. The Morgan fingerprint density at radius 2 is 2.17 bits per heavy atom. The maximum atomic E-state index is 11.7. The van der Waals surface area contributed by atoms with Crippen molar-refractivity contribution >= 4 is 5.78 Å². The molecule has 2 bridgehead atoms. The monoisotopic (exact) mass is 164 g/mol. The second-order valence-electron chi connectivity index (χ2n) is 4.79. The van der Waals surface area contributed by atoms with E-state index in [0.717, 1.165) is 24.3 Å². The summed E-state index contributed by atoms with van der Waals surface area (Å²) in [4.78, 5) is 11.7. The van der Waals surface area contributed by atoms with E-state index in [-0.39, 0.29) is 5.41 Å². The van der Waals surface area contributed by atoms with Gasteiger partial charge in [0.2, 0.25) is 0 Å². The van der Waals surface area contributed by atoms with Crippen molar-refractivity contribution in [2.45, 2.75) is 33.6 Å². The van der Waals surface area contributed by atoms with Crippen LogP contribution in [0.5, 0.6) is 0 Å². The molecule has 12 heavy (non-hydrogen) atoms. The van der Waals surface area contributed by atoms with Gasteiger partial charge >= 0.3 is 0 Å². The van der Waals surface area contributed by atoms with Crippen LogP contribution in [0.3, 0.4) is 0 Å². The molecule has 0 saturated heterocycles. The van der Waals surface area contributed by atoms with Gasteiger partial charge < -0.3 is 0 Å². The maximum Gasteiger partial charge on any atom is 0.161 e. The summed E-state index contributed by atoms with van der Waals surface area (Å²) in [6, 6.07) is 0. The number of rotatable bonds is 0. The number of carbonyl (C=O) groups is 1. The summed E-state index contributed by atoms with van der Waals surface area (Å²) in [5.41, 5.74) is 1.26. The first kappa shape index (κ1) is 8.03. The molecular weight excluding hydrogens is 148 g/mol. The number of ketones is 1. The fourth-order valence-corrected chi connectivity index (χ4v) is 2.56. The van der Waals surface area contributed by atoms with Crippen LogP contribution >= 0.6 is 0 Å². The highest BCUT2D eigenvalue weighted by Crippen LogP contribution is 2.55. The van der Waals surface area contributed by atoms with Crippen molar-refractivity contribution in [1.82, 2.24) is 0 Å². The average molecular weight is 164 g/mol. The normalized spacial score (nSPS) is 38.2. The molecule has 0 amide bonds. The lowest BCUT2D eigenvalue weighted by Crippen LogP contribution is -2.47.